The van der Waals surface area contributed by atoms with Crippen molar-refractivity contribution < 1.29 is 4.39 Å². The molecule has 1 heterocycles. The van der Waals surface area contributed by atoms with Gasteiger partial charge in [-0.3, -0.25) is 4.98 Å². The second kappa shape index (κ2) is 4.60. The Morgan fingerprint density at radius 1 is 1.31 bits per heavy atom. The van der Waals surface area contributed by atoms with Gasteiger partial charge in [0.2, 0.25) is 0 Å². The van der Waals surface area contributed by atoms with Crippen molar-refractivity contribution in [3.63, 3.8) is 0 Å². The average Bonchev–Trinajstić information content (AvgIpc) is 2.32. The Morgan fingerprint density at radius 3 is 2.81 bits per heavy atom. The van der Waals surface area contributed by atoms with Gasteiger partial charge in [-0.2, -0.15) is 0 Å². The summed E-state index contributed by atoms with van der Waals surface area (Å²) in [6, 6.07) is 7.31. The molecule has 2 nitrogen and oxygen atoms in total. The number of nitrogens with two attached hydrogens (primary N) is 1. The minimum Gasteiger partial charge on any atom is -0.320 e. The van der Waals surface area contributed by atoms with E-state index in [-0.39, 0.29) is 5.82 Å². The minimum atomic E-state index is -0.461. The maximum absolute atomic E-state index is 13.1. The molecule has 0 saturated heterocycles. The maximum atomic E-state index is 13.1. The maximum Gasteiger partial charge on any atom is 0.123 e. The molecular weight excluding hydrogens is 227 g/mol. The van der Waals surface area contributed by atoms with E-state index in [0.29, 0.717) is 10.6 Å². The van der Waals surface area contributed by atoms with Crippen LogP contribution in [0, 0.1) is 5.82 Å². The summed E-state index contributed by atoms with van der Waals surface area (Å²) < 4.78 is 13.1. The fourth-order valence-corrected chi connectivity index (χ4v) is 1.73. The van der Waals surface area contributed by atoms with Gasteiger partial charge in [0.15, 0.2) is 0 Å². The molecule has 0 amide bonds. The summed E-state index contributed by atoms with van der Waals surface area (Å²) in [5.74, 6) is -0.348. The van der Waals surface area contributed by atoms with Gasteiger partial charge in [-0.05, 0) is 35.4 Å². The van der Waals surface area contributed by atoms with Crippen LogP contribution in [-0.4, -0.2) is 4.98 Å². The molecule has 1 aromatic carbocycles. The number of halogens is 2. The highest BCUT2D eigenvalue weighted by Gasteiger charge is 2.13. The van der Waals surface area contributed by atoms with Crippen molar-refractivity contribution in [2.45, 2.75) is 6.04 Å². The van der Waals surface area contributed by atoms with E-state index < -0.39 is 6.04 Å². The minimum absolute atomic E-state index is 0.348. The van der Waals surface area contributed by atoms with Crippen LogP contribution in [0.5, 0.6) is 0 Å². The summed E-state index contributed by atoms with van der Waals surface area (Å²) in [5.41, 5.74) is 7.36. The summed E-state index contributed by atoms with van der Waals surface area (Å²) in [6.07, 6.45) is 3.30. The van der Waals surface area contributed by atoms with Gasteiger partial charge in [0.25, 0.3) is 0 Å². The molecule has 0 radical (unpaired) electrons. The Bertz CT molecular complexity index is 488. The van der Waals surface area contributed by atoms with Crippen LogP contribution < -0.4 is 5.73 Å². The molecule has 2 rings (SSSR count). The van der Waals surface area contributed by atoms with E-state index in [2.05, 4.69) is 4.98 Å². The Morgan fingerprint density at radius 2 is 2.12 bits per heavy atom. The third-order valence-electron chi connectivity index (χ3n) is 2.34. The fourth-order valence-electron chi connectivity index (χ4n) is 1.49. The Balaban J connectivity index is 2.41. The van der Waals surface area contributed by atoms with Gasteiger partial charge in [0, 0.05) is 17.4 Å². The molecule has 1 aromatic heterocycles. The van der Waals surface area contributed by atoms with Crippen molar-refractivity contribution in [1.29, 1.82) is 0 Å². The van der Waals surface area contributed by atoms with Crippen LogP contribution in [0.25, 0.3) is 0 Å². The lowest BCUT2D eigenvalue weighted by Crippen LogP contribution is -2.12. The number of nitrogens with zero attached hydrogens (tertiary/aromatic N) is 1. The largest absolute Gasteiger partial charge is 0.320 e. The number of hydrogen-bond acceptors (Lipinski definition) is 2. The van der Waals surface area contributed by atoms with Crippen LogP contribution in [0.4, 0.5) is 4.39 Å². The third-order valence-corrected chi connectivity index (χ3v) is 2.68. The molecular formula is C12H10ClFN2. The third kappa shape index (κ3) is 2.21. The van der Waals surface area contributed by atoms with E-state index in [9.17, 15) is 4.39 Å². The zero-order valence-corrected chi connectivity index (χ0v) is 9.16. The van der Waals surface area contributed by atoms with Crippen LogP contribution >= 0.6 is 11.6 Å². The summed E-state index contributed by atoms with van der Waals surface area (Å²) in [5, 5.41) is 0.456. The van der Waals surface area contributed by atoms with Crippen molar-refractivity contribution >= 4 is 11.6 Å². The standard InChI is InChI=1S/C12H10ClFN2/c13-11-4-3-9(14)6-10(11)12(15)8-2-1-5-16-7-8/h1-7,12H,15H2. The molecule has 0 aliphatic carbocycles. The van der Waals surface area contributed by atoms with Crippen molar-refractivity contribution in [1.82, 2.24) is 4.98 Å². The SMILES string of the molecule is NC(c1cccnc1)c1cc(F)ccc1Cl. The molecule has 4 heteroatoms. The van der Waals surface area contributed by atoms with Gasteiger partial charge >= 0.3 is 0 Å². The molecule has 1 unspecified atom stereocenters. The Labute approximate surface area is 97.9 Å². The van der Waals surface area contributed by atoms with E-state index in [1.54, 1.807) is 18.5 Å². The second-order valence-corrected chi connectivity index (χ2v) is 3.84. The highest BCUT2D eigenvalue weighted by Crippen LogP contribution is 2.26. The number of rotatable bonds is 2. The summed E-state index contributed by atoms with van der Waals surface area (Å²) >= 11 is 5.97. The summed E-state index contributed by atoms with van der Waals surface area (Å²) in [4.78, 5) is 3.97. The van der Waals surface area contributed by atoms with Gasteiger partial charge < -0.3 is 5.73 Å². The highest BCUT2D eigenvalue weighted by molar-refractivity contribution is 6.31. The lowest BCUT2D eigenvalue weighted by molar-refractivity contribution is 0.623. The van der Waals surface area contributed by atoms with Crippen LogP contribution in [0.15, 0.2) is 42.7 Å². The van der Waals surface area contributed by atoms with Gasteiger partial charge in [0.1, 0.15) is 5.82 Å². The monoisotopic (exact) mass is 236 g/mol. The molecule has 0 aliphatic heterocycles. The molecule has 0 bridgehead atoms. The zero-order chi connectivity index (χ0) is 11.5. The van der Waals surface area contributed by atoms with Crippen LogP contribution in [0.3, 0.4) is 0 Å². The quantitative estimate of drug-likeness (QED) is 0.871. The van der Waals surface area contributed by atoms with E-state index in [4.69, 9.17) is 17.3 Å². The first-order valence-electron chi connectivity index (χ1n) is 4.79. The molecule has 0 spiro atoms. The van der Waals surface area contributed by atoms with Gasteiger partial charge in [-0.25, -0.2) is 4.39 Å². The Hall–Kier alpha value is -1.45. The molecule has 2 N–H and O–H groups in total. The number of benzene rings is 1. The first-order chi connectivity index (χ1) is 7.68. The molecule has 82 valence electrons. The first-order valence-corrected chi connectivity index (χ1v) is 5.17. The van der Waals surface area contributed by atoms with Crippen molar-refractivity contribution in [2.24, 2.45) is 5.73 Å². The molecule has 0 saturated carbocycles. The molecule has 0 fully saturated rings. The number of hydrogen-bond donors (Lipinski definition) is 1. The zero-order valence-electron chi connectivity index (χ0n) is 8.40. The van der Waals surface area contributed by atoms with E-state index in [1.807, 2.05) is 6.07 Å². The fraction of sp³-hybridized carbons (Fsp3) is 0.0833. The second-order valence-electron chi connectivity index (χ2n) is 3.43. The lowest BCUT2D eigenvalue weighted by Gasteiger charge is -2.13. The average molecular weight is 237 g/mol. The Kier molecular flexibility index (Phi) is 3.17. The smallest absolute Gasteiger partial charge is 0.123 e. The van der Waals surface area contributed by atoms with E-state index in [0.717, 1.165) is 5.56 Å². The van der Waals surface area contributed by atoms with Gasteiger partial charge in [-0.1, -0.05) is 17.7 Å². The number of pyridine rings is 1. The summed E-state index contributed by atoms with van der Waals surface area (Å²) in [7, 11) is 0. The van der Waals surface area contributed by atoms with Crippen LogP contribution in [-0.2, 0) is 0 Å². The molecule has 0 aliphatic rings. The van der Waals surface area contributed by atoms with Gasteiger partial charge in [0.05, 0.1) is 6.04 Å². The molecule has 2 aromatic rings. The summed E-state index contributed by atoms with van der Waals surface area (Å²) in [6.45, 7) is 0. The van der Waals surface area contributed by atoms with E-state index >= 15 is 0 Å². The van der Waals surface area contributed by atoms with Gasteiger partial charge in [-0.15, -0.1) is 0 Å². The molecule has 1 atom stereocenters. The predicted molar refractivity (Wildman–Crippen MR) is 61.7 cm³/mol. The van der Waals surface area contributed by atoms with Crippen molar-refractivity contribution in [2.75, 3.05) is 0 Å². The topological polar surface area (TPSA) is 38.9 Å². The first kappa shape index (κ1) is 11.0. The normalized spacial score (nSPS) is 12.4. The van der Waals surface area contributed by atoms with E-state index in [1.165, 1.54) is 18.2 Å². The number of aromatic nitrogens is 1. The predicted octanol–water partition coefficient (Wildman–Crippen LogP) is 2.92. The van der Waals surface area contributed by atoms with Crippen LogP contribution in [0.2, 0.25) is 5.02 Å². The van der Waals surface area contributed by atoms with Crippen molar-refractivity contribution in [3.8, 4) is 0 Å². The highest BCUT2D eigenvalue weighted by atomic mass is 35.5. The molecule has 16 heavy (non-hydrogen) atoms. The van der Waals surface area contributed by atoms with Crippen LogP contribution in [0.1, 0.15) is 17.2 Å². The lowest BCUT2D eigenvalue weighted by atomic mass is 10.0. The van der Waals surface area contributed by atoms with Crippen molar-refractivity contribution in [3.05, 3.63) is 64.7 Å².